The maximum absolute atomic E-state index is 13.4. The van der Waals surface area contributed by atoms with Crippen LogP contribution in [0.1, 0.15) is 28.5 Å². The van der Waals surface area contributed by atoms with Gasteiger partial charge in [0.1, 0.15) is 11.5 Å². The van der Waals surface area contributed by atoms with E-state index in [0.717, 1.165) is 11.1 Å². The summed E-state index contributed by atoms with van der Waals surface area (Å²) in [5, 5.41) is 13.7. The molecule has 0 unspecified atom stereocenters. The molecule has 0 saturated heterocycles. The molecule has 1 heterocycles. The van der Waals surface area contributed by atoms with E-state index in [9.17, 15) is 9.90 Å². The minimum absolute atomic E-state index is 0.0904. The molecule has 1 N–H and O–H groups in total. The lowest BCUT2D eigenvalue weighted by Gasteiger charge is -2.30. The standard InChI is InChI=1S/C28H26N2O4/c31-26-15-8-7-14-24(26)19-29-34-21-28(32)30(20-23-12-5-2-6-13-23)25(27-16-9-17-33-27)18-22-10-3-1-4-11-22/h1-17,19,25,31H,18,20-21H2/b29-19-/t25-/m1/s1. The topological polar surface area (TPSA) is 75.3 Å². The average molecular weight is 455 g/mol. The number of amides is 1. The van der Waals surface area contributed by atoms with Crippen LogP contribution < -0.4 is 0 Å². The molecule has 1 aromatic heterocycles. The second-order valence-corrected chi connectivity index (χ2v) is 7.79. The van der Waals surface area contributed by atoms with Crippen molar-refractivity contribution >= 4 is 12.1 Å². The predicted octanol–water partition coefficient (Wildman–Crippen LogP) is 5.35. The van der Waals surface area contributed by atoms with Crippen molar-refractivity contribution in [1.29, 1.82) is 0 Å². The summed E-state index contributed by atoms with van der Waals surface area (Å²) < 4.78 is 5.74. The molecule has 1 atom stereocenters. The fourth-order valence-electron chi connectivity index (χ4n) is 3.70. The number of carbonyl (C=O) groups excluding carboxylic acids is 1. The Kier molecular flexibility index (Phi) is 7.74. The number of phenols is 1. The first-order chi connectivity index (χ1) is 16.7. The van der Waals surface area contributed by atoms with Crippen molar-refractivity contribution in [3.63, 3.8) is 0 Å². The van der Waals surface area contributed by atoms with Crippen molar-refractivity contribution in [2.45, 2.75) is 19.0 Å². The fraction of sp³-hybridized carbons (Fsp3) is 0.143. The molecular formula is C28H26N2O4. The van der Waals surface area contributed by atoms with Crippen LogP contribution in [0.2, 0.25) is 0 Å². The van der Waals surface area contributed by atoms with Crippen LogP contribution in [0.15, 0.2) is 113 Å². The summed E-state index contributed by atoms with van der Waals surface area (Å²) in [6, 6.07) is 30.0. The number of aromatic hydroxyl groups is 1. The van der Waals surface area contributed by atoms with Gasteiger partial charge in [0.15, 0.2) is 6.61 Å². The molecule has 6 nitrogen and oxygen atoms in total. The first kappa shape index (κ1) is 22.9. The second-order valence-electron chi connectivity index (χ2n) is 7.79. The Balaban J connectivity index is 1.55. The number of phenolic OH excluding ortho intramolecular Hbond substituents is 1. The minimum Gasteiger partial charge on any atom is -0.507 e. The molecule has 0 saturated carbocycles. The summed E-state index contributed by atoms with van der Waals surface area (Å²) in [6.45, 7) is 0.146. The van der Waals surface area contributed by atoms with Crippen molar-refractivity contribution in [2.24, 2.45) is 5.16 Å². The molecule has 3 aromatic carbocycles. The number of furan rings is 1. The first-order valence-electron chi connectivity index (χ1n) is 11.0. The summed E-state index contributed by atoms with van der Waals surface area (Å²) in [5.74, 6) is 0.564. The lowest BCUT2D eigenvalue weighted by Crippen LogP contribution is -2.37. The molecule has 0 bridgehead atoms. The van der Waals surface area contributed by atoms with E-state index < -0.39 is 0 Å². The molecule has 6 heteroatoms. The van der Waals surface area contributed by atoms with Crippen molar-refractivity contribution in [1.82, 2.24) is 4.90 Å². The highest BCUT2D eigenvalue weighted by atomic mass is 16.6. The van der Waals surface area contributed by atoms with Crippen LogP contribution in [-0.4, -0.2) is 28.7 Å². The van der Waals surface area contributed by atoms with Crippen molar-refractivity contribution < 1.29 is 19.2 Å². The van der Waals surface area contributed by atoms with Gasteiger partial charge in [0.05, 0.1) is 18.5 Å². The van der Waals surface area contributed by atoms with E-state index in [1.807, 2.05) is 72.8 Å². The van der Waals surface area contributed by atoms with E-state index in [1.54, 1.807) is 35.4 Å². The van der Waals surface area contributed by atoms with Crippen LogP contribution in [0, 0.1) is 0 Å². The van der Waals surface area contributed by atoms with Crippen LogP contribution >= 0.6 is 0 Å². The third kappa shape index (κ3) is 6.13. The molecule has 0 aliphatic heterocycles. The molecule has 4 aromatic rings. The van der Waals surface area contributed by atoms with Gasteiger partial charge >= 0.3 is 0 Å². The maximum atomic E-state index is 13.4. The number of hydrogen-bond acceptors (Lipinski definition) is 5. The first-order valence-corrected chi connectivity index (χ1v) is 11.0. The van der Waals surface area contributed by atoms with E-state index in [0.29, 0.717) is 24.3 Å². The van der Waals surface area contributed by atoms with Gasteiger partial charge in [0, 0.05) is 18.5 Å². The smallest absolute Gasteiger partial charge is 0.264 e. The van der Waals surface area contributed by atoms with Gasteiger partial charge < -0.3 is 19.3 Å². The molecule has 4 rings (SSSR count). The fourth-order valence-corrected chi connectivity index (χ4v) is 3.70. The zero-order valence-corrected chi connectivity index (χ0v) is 18.7. The number of hydrogen-bond donors (Lipinski definition) is 1. The van der Waals surface area contributed by atoms with E-state index >= 15 is 0 Å². The highest BCUT2D eigenvalue weighted by Gasteiger charge is 2.28. The SMILES string of the molecule is O=C(CO/N=C\c1ccccc1O)N(Cc1ccccc1)[C@H](Cc1ccccc1)c1ccco1. The summed E-state index contributed by atoms with van der Waals surface area (Å²) in [7, 11) is 0. The van der Waals surface area contributed by atoms with Gasteiger partial charge in [-0.3, -0.25) is 4.79 Å². The van der Waals surface area contributed by atoms with Crippen LogP contribution in [-0.2, 0) is 22.6 Å². The lowest BCUT2D eigenvalue weighted by molar-refractivity contribution is -0.139. The molecular weight excluding hydrogens is 428 g/mol. The number of oxime groups is 1. The van der Waals surface area contributed by atoms with Gasteiger partial charge in [0.25, 0.3) is 5.91 Å². The minimum atomic E-state index is -0.323. The molecule has 34 heavy (non-hydrogen) atoms. The number of carbonyl (C=O) groups is 1. The zero-order chi connectivity index (χ0) is 23.6. The van der Waals surface area contributed by atoms with E-state index in [2.05, 4.69) is 5.16 Å². The lowest BCUT2D eigenvalue weighted by atomic mass is 10.0. The Labute approximate surface area is 198 Å². The van der Waals surface area contributed by atoms with Gasteiger partial charge in [-0.15, -0.1) is 0 Å². The van der Waals surface area contributed by atoms with Gasteiger partial charge in [-0.1, -0.05) is 78.0 Å². The number of para-hydroxylation sites is 1. The highest BCUT2D eigenvalue weighted by molar-refractivity contribution is 5.83. The van der Waals surface area contributed by atoms with E-state index in [1.165, 1.54) is 6.21 Å². The van der Waals surface area contributed by atoms with Gasteiger partial charge in [-0.05, 0) is 35.4 Å². The average Bonchev–Trinajstić information content (AvgIpc) is 3.41. The highest BCUT2D eigenvalue weighted by Crippen LogP contribution is 2.28. The normalized spacial score (nSPS) is 11.9. The quantitative estimate of drug-likeness (QED) is 0.259. The summed E-state index contributed by atoms with van der Waals surface area (Å²) in [4.78, 5) is 20.5. The Morgan fingerprint density at radius 2 is 1.59 bits per heavy atom. The predicted molar refractivity (Wildman–Crippen MR) is 130 cm³/mol. The summed E-state index contributed by atoms with van der Waals surface area (Å²) in [5.41, 5.74) is 2.60. The number of benzene rings is 3. The van der Waals surface area contributed by atoms with Crippen molar-refractivity contribution in [3.8, 4) is 5.75 Å². The third-order valence-corrected chi connectivity index (χ3v) is 5.43. The monoisotopic (exact) mass is 454 g/mol. The largest absolute Gasteiger partial charge is 0.507 e. The third-order valence-electron chi connectivity index (χ3n) is 5.43. The Bertz CT molecular complexity index is 1190. The molecule has 0 radical (unpaired) electrons. The van der Waals surface area contributed by atoms with Crippen molar-refractivity contribution in [2.75, 3.05) is 6.61 Å². The van der Waals surface area contributed by atoms with E-state index in [-0.39, 0.29) is 24.3 Å². The second kappa shape index (κ2) is 11.5. The van der Waals surface area contributed by atoms with Crippen LogP contribution in [0.5, 0.6) is 5.75 Å². The van der Waals surface area contributed by atoms with Crippen LogP contribution in [0.25, 0.3) is 0 Å². The molecule has 0 fully saturated rings. The Morgan fingerprint density at radius 3 is 2.26 bits per heavy atom. The zero-order valence-electron chi connectivity index (χ0n) is 18.7. The van der Waals surface area contributed by atoms with E-state index in [4.69, 9.17) is 9.25 Å². The van der Waals surface area contributed by atoms with Gasteiger partial charge in [0.2, 0.25) is 0 Å². The number of nitrogens with zero attached hydrogens (tertiary/aromatic N) is 2. The molecule has 0 aliphatic carbocycles. The maximum Gasteiger partial charge on any atom is 0.264 e. The van der Waals surface area contributed by atoms with Gasteiger partial charge in [-0.2, -0.15) is 0 Å². The Morgan fingerprint density at radius 1 is 0.912 bits per heavy atom. The summed E-state index contributed by atoms with van der Waals surface area (Å²) >= 11 is 0. The van der Waals surface area contributed by atoms with Gasteiger partial charge in [-0.25, -0.2) is 0 Å². The molecule has 172 valence electrons. The van der Waals surface area contributed by atoms with Crippen LogP contribution in [0.4, 0.5) is 0 Å². The molecule has 0 aliphatic rings. The van der Waals surface area contributed by atoms with Crippen LogP contribution in [0.3, 0.4) is 0 Å². The van der Waals surface area contributed by atoms with Crippen molar-refractivity contribution in [3.05, 3.63) is 126 Å². The Hall–Kier alpha value is -4.32. The summed E-state index contributed by atoms with van der Waals surface area (Å²) in [6.07, 6.45) is 3.60. The number of rotatable bonds is 10. The molecule has 0 spiro atoms. The molecule has 1 amide bonds.